The van der Waals surface area contributed by atoms with Gasteiger partial charge in [0.2, 0.25) is 0 Å². The molecule has 2 aliphatic rings. The Morgan fingerprint density at radius 3 is 2.18 bits per heavy atom. The van der Waals surface area contributed by atoms with Crippen molar-refractivity contribution in [2.45, 2.75) is 90.9 Å². The Morgan fingerprint density at radius 2 is 1.55 bits per heavy atom. The first-order chi connectivity index (χ1) is 16.2. The second-order valence-electron chi connectivity index (χ2n) is 10.7. The minimum Gasteiger partial charge on any atom is -0.486 e. The maximum absolute atomic E-state index is 14.8. The molecule has 33 heavy (non-hydrogen) atoms. The average Bonchev–Trinajstić information content (AvgIpc) is 2.85. The topological polar surface area (TPSA) is 9.23 Å². The van der Waals surface area contributed by atoms with E-state index >= 15 is 0 Å². The van der Waals surface area contributed by atoms with Crippen LogP contribution in [0.15, 0.2) is 42.5 Å². The maximum Gasteiger partial charge on any atom is 0.172 e. The molecule has 2 aliphatic carbocycles. The summed E-state index contributed by atoms with van der Waals surface area (Å²) in [6.45, 7) is 4.67. The maximum atomic E-state index is 14.8. The Hall–Kier alpha value is -1.83. The SMILES string of the molecule is CC=CCOc1ccc2cc(CCC3CCC(C4CCC(CCC)CC4)CC3)ccc2c1F. The molecule has 0 amide bonds. The number of allylic oxidation sites excluding steroid dienone is 1. The van der Waals surface area contributed by atoms with Gasteiger partial charge in [0.1, 0.15) is 6.61 Å². The first kappa shape index (κ1) is 24.3. The predicted octanol–water partition coefficient (Wildman–Crippen LogP) is 9.28. The number of ether oxygens (including phenoxy) is 1. The van der Waals surface area contributed by atoms with E-state index in [4.69, 9.17) is 4.74 Å². The molecule has 4 rings (SSSR count). The predicted molar refractivity (Wildman–Crippen MR) is 138 cm³/mol. The molecule has 2 heteroatoms. The van der Waals surface area contributed by atoms with Crippen molar-refractivity contribution >= 4 is 10.8 Å². The summed E-state index contributed by atoms with van der Waals surface area (Å²) in [5, 5.41) is 1.64. The number of hydrogen-bond acceptors (Lipinski definition) is 1. The summed E-state index contributed by atoms with van der Waals surface area (Å²) in [5.74, 6) is 4.00. The second kappa shape index (κ2) is 12.0. The Labute approximate surface area is 200 Å². The number of hydrogen-bond donors (Lipinski definition) is 0. The summed E-state index contributed by atoms with van der Waals surface area (Å²) in [4.78, 5) is 0. The lowest BCUT2D eigenvalue weighted by Crippen LogP contribution is -2.26. The minimum atomic E-state index is -0.245. The standard InChI is InChI=1S/C31H43FO/c1-3-5-21-33-30-20-18-28-22-25(13-19-29(28)31(30)32)8-7-24-11-16-27(17-12-24)26-14-9-23(6-4-2)10-15-26/h3,5,13,18-20,22-24,26-27H,4,6-12,14-17,21H2,1-2H3. The van der Waals surface area contributed by atoms with Crippen LogP contribution in [0.4, 0.5) is 4.39 Å². The van der Waals surface area contributed by atoms with Gasteiger partial charge in [-0.3, -0.25) is 0 Å². The third kappa shape index (κ3) is 6.40. The quantitative estimate of drug-likeness (QED) is 0.346. The zero-order chi connectivity index (χ0) is 23.0. The van der Waals surface area contributed by atoms with E-state index in [9.17, 15) is 4.39 Å². The highest BCUT2D eigenvalue weighted by Crippen LogP contribution is 2.43. The third-order valence-corrected chi connectivity index (χ3v) is 8.54. The molecule has 0 N–H and O–H groups in total. The van der Waals surface area contributed by atoms with Gasteiger partial charge in [0.25, 0.3) is 0 Å². The molecular weight excluding hydrogens is 407 g/mol. The van der Waals surface area contributed by atoms with Gasteiger partial charge in [0.15, 0.2) is 11.6 Å². The van der Waals surface area contributed by atoms with Crippen LogP contribution in [0.1, 0.15) is 90.0 Å². The molecule has 180 valence electrons. The van der Waals surface area contributed by atoms with Gasteiger partial charge >= 0.3 is 0 Å². The van der Waals surface area contributed by atoms with E-state index in [0.29, 0.717) is 17.7 Å². The highest BCUT2D eigenvalue weighted by Gasteiger charge is 2.30. The number of aryl methyl sites for hydroxylation is 1. The molecule has 2 aromatic carbocycles. The van der Waals surface area contributed by atoms with E-state index < -0.39 is 0 Å². The van der Waals surface area contributed by atoms with Gasteiger partial charge in [-0.25, -0.2) is 4.39 Å². The number of rotatable bonds is 9. The zero-order valence-corrected chi connectivity index (χ0v) is 20.8. The summed E-state index contributed by atoms with van der Waals surface area (Å²) in [6.07, 6.45) is 20.7. The first-order valence-corrected chi connectivity index (χ1v) is 13.6. The monoisotopic (exact) mass is 450 g/mol. The normalized spacial score (nSPS) is 26.2. The number of halogens is 1. The largest absolute Gasteiger partial charge is 0.486 e. The van der Waals surface area contributed by atoms with Gasteiger partial charge in [-0.1, -0.05) is 81.9 Å². The molecular formula is C31H43FO. The fourth-order valence-electron chi connectivity index (χ4n) is 6.50. The van der Waals surface area contributed by atoms with Crippen LogP contribution in [0, 0.1) is 29.5 Å². The highest BCUT2D eigenvalue weighted by molar-refractivity contribution is 5.85. The Morgan fingerprint density at radius 1 is 0.879 bits per heavy atom. The number of fused-ring (bicyclic) bond motifs is 1. The van der Waals surface area contributed by atoms with Crippen LogP contribution in [0.5, 0.6) is 5.75 Å². The van der Waals surface area contributed by atoms with Crippen molar-refractivity contribution in [3.05, 3.63) is 53.9 Å². The van der Waals surface area contributed by atoms with Crippen LogP contribution in [-0.4, -0.2) is 6.61 Å². The van der Waals surface area contributed by atoms with Crippen molar-refractivity contribution < 1.29 is 9.13 Å². The van der Waals surface area contributed by atoms with E-state index in [2.05, 4.69) is 19.1 Å². The second-order valence-corrected chi connectivity index (χ2v) is 10.7. The van der Waals surface area contributed by atoms with Crippen molar-refractivity contribution in [2.75, 3.05) is 6.61 Å². The summed E-state index contributed by atoms with van der Waals surface area (Å²) in [6, 6.07) is 9.99. The molecule has 0 saturated heterocycles. The van der Waals surface area contributed by atoms with Crippen molar-refractivity contribution in [3.8, 4) is 5.75 Å². The van der Waals surface area contributed by atoms with Crippen LogP contribution in [0.3, 0.4) is 0 Å². The summed E-state index contributed by atoms with van der Waals surface area (Å²) in [7, 11) is 0. The van der Waals surface area contributed by atoms with Gasteiger partial charge < -0.3 is 4.74 Å². The van der Waals surface area contributed by atoms with Gasteiger partial charge in [-0.05, 0) is 86.1 Å². The van der Waals surface area contributed by atoms with Gasteiger partial charge in [-0.15, -0.1) is 0 Å². The Kier molecular flexibility index (Phi) is 8.87. The van der Waals surface area contributed by atoms with E-state index in [0.717, 1.165) is 35.5 Å². The van der Waals surface area contributed by atoms with Gasteiger partial charge in [-0.2, -0.15) is 0 Å². The van der Waals surface area contributed by atoms with E-state index in [-0.39, 0.29) is 5.82 Å². The molecule has 0 spiro atoms. The van der Waals surface area contributed by atoms with Crippen molar-refractivity contribution in [3.63, 3.8) is 0 Å². The van der Waals surface area contributed by atoms with Crippen LogP contribution < -0.4 is 4.74 Å². The van der Waals surface area contributed by atoms with E-state index in [1.165, 1.54) is 76.2 Å². The molecule has 0 radical (unpaired) electrons. The van der Waals surface area contributed by atoms with Crippen LogP contribution in [-0.2, 0) is 6.42 Å². The fraction of sp³-hybridized carbons (Fsp3) is 0.613. The molecule has 0 atom stereocenters. The van der Waals surface area contributed by atoms with Crippen LogP contribution >= 0.6 is 0 Å². The third-order valence-electron chi connectivity index (χ3n) is 8.54. The van der Waals surface area contributed by atoms with Gasteiger partial charge in [0.05, 0.1) is 0 Å². The van der Waals surface area contributed by atoms with Gasteiger partial charge in [0, 0.05) is 5.39 Å². The molecule has 2 fully saturated rings. The summed E-state index contributed by atoms with van der Waals surface area (Å²) in [5.41, 5.74) is 1.33. The summed E-state index contributed by atoms with van der Waals surface area (Å²) < 4.78 is 20.4. The Balaban J connectivity index is 1.25. The molecule has 2 aromatic rings. The minimum absolute atomic E-state index is 0.245. The fourth-order valence-corrected chi connectivity index (χ4v) is 6.50. The Bertz CT molecular complexity index is 901. The molecule has 1 nitrogen and oxygen atoms in total. The average molecular weight is 451 g/mol. The van der Waals surface area contributed by atoms with E-state index in [1.54, 1.807) is 6.07 Å². The highest BCUT2D eigenvalue weighted by atomic mass is 19.1. The van der Waals surface area contributed by atoms with Crippen LogP contribution in [0.2, 0.25) is 0 Å². The van der Waals surface area contributed by atoms with Crippen LogP contribution in [0.25, 0.3) is 10.8 Å². The molecule has 0 aromatic heterocycles. The molecule has 0 bridgehead atoms. The first-order valence-electron chi connectivity index (χ1n) is 13.6. The van der Waals surface area contributed by atoms with Crippen molar-refractivity contribution in [1.29, 1.82) is 0 Å². The molecule has 0 heterocycles. The van der Waals surface area contributed by atoms with Crippen molar-refractivity contribution in [2.24, 2.45) is 23.7 Å². The lowest BCUT2D eigenvalue weighted by molar-refractivity contribution is 0.141. The smallest absolute Gasteiger partial charge is 0.172 e. The lowest BCUT2D eigenvalue weighted by atomic mass is 9.68. The molecule has 0 aliphatic heterocycles. The number of benzene rings is 2. The summed E-state index contributed by atoms with van der Waals surface area (Å²) >= 11 is 0. The lowest BCUT2D eigenvalue weighted by Gasteiger charge is -2.38. The molecule has 2 saturated carbocycles. The molecule has 0 unspecified atom stereocenters. The van der Waals surface area contributed by atoms with E-state index in [1.807, 2.05) is 31.2 Å². The van der Waals surface area contributed by atoms with Crippen molar-refractivity contribution in [1.82, 2.24) is 0 Å². The zero-order valence-electron chi connectivity index (χ0n) is 20.8.